The predicted octanol–water partition coefficient (Wildman–Crippen LogP) is 3.29. The maximum atomic E-state index is 12.8. The minimum Gasteiger partial charge on any atom is -0.309 e. The Morgan fingerprint density at radius 1 is 1.16 bits per heavy atom. The van der Waals surface area contributed by atoms with Crippen LogP contribution in [0, 0.1) is 0 Å². The van der Waals surface area contributed by atoms with Gasteiger partial charge in [0.25, 0.3) is 5.91 Å². The summed E-state index contributed by atoms with van der Waals surface area (Å²) in [6, 6.07) is 11.4. The smallest absolute Gasteiger partial charge is 0.287 e. The Balaban J connectivity index is 1.65. The van der Waals surface area contributed by atoms with E-state index in [1.165, 1.54) is 11.3 Å². The van der Waals surface area contributed by atoms with E-state index in [0.29, 0.717) is 11.0 Å². The number of thiazole rings is 1. The van der Waals surface area contributed by atoms with Crippen LogP contribution in [-0.4, -0.2) is 34.5 Å². The molecular formula is C18H17N5OS. The molecule has 1 aliphatic heterocycles. The standard InChI is InChI=1S/C18H17N5OS/c1-22(13-7-3-2-4-8-13)17(24)16-21-15-14(25-16)9-5-12-23(15)18-19-10-6-11-20-18/h2-4,6-8,10-11H,5,9,12H2,1H3. The third kappa shape index (κ3) is 2.98. The van der Waals surface area contributed by atoms with Crippen LogP contribution in [0.15, 0.2) is 48.8 Å². The van der Waals surface area contributed by atoms with Crippen LogP contribution in [0.1, 0.15) is 21.1 Å². The largest absolute Gasteiger partial charge is 0.309 e. The molecule has 0 saturated heterocycles. The maximum Gasteiger partial charge on any atom is 0.287 e. The summed E-state index contributed by atoms with van der Waals surface area (Å²) in [4.78, 5) is 30.8. The summed E-state index contributed by atoms with van der Waals surface area (Å²) < 4.78 is 0. The summed E-state index contributed by atoms with van der Waals surface area (Å²) in [5, 5.41) is 0.499. The topological polar surface area (TPSA) is 62.2 Å². The lowest BCUT2D eigenvalue weighted by molar-refractivity contribution is 0.0992. The lowest BCUT2D eigenvalue weighted by atomic mass is 10.2. The van der Waals surface area contributed by atoms with E-state index in [2.05, 4.69) is 15.0 Å². The second-order valence-electron chi connectivity index (χ2n) is 5.77. The molecule has 3 aromatic rings. The zero-order valence-electron chi connectivity index (χ0n) is 13.8. The van der Waals surface area contributed by atoms with Gasteiger partial charge in [-0.25, -0.2) is 15.0 Å². The first kappa shape index (κ1) is 15.7. The third-order valence-electron chi connectivity index (χ3n) is 4.14. The average Bonchev–Trinajstić information content (AvgIpc) is 3.12. The number of amides is 1. The van der Waals surface area contributed by atoms with Crippen molar-refractivity contribution in [3.05, 3.63) is 58.7 Å². The Morgan fingerprint density at radius 2 is 1.92 bits per heavy atom. The van der Waals surface area contributed by atoms with E-state index >= 15 is 0 Å². The van der Waals surface area contributed by atoms with Crippen molar-refractivity contribution in [2.45, 2.75) is 12.8 Å². The monoisotopic (exact) mass is 351 g/mol. The molecule has 0 unspecified atom stereocenters. The Bertz CT molecular complexity index is 881. The van der Waals surface area contributed by atoms with E-state index in [1.807, 2.05) is 35.2 Å². The summed E-state index contributed by atoms with van der Waals surface area (Å²) in [6.07, 6.45) is 5.37. The molecule has 1 aliphatic rings. The van der Waals surface area contributed by atoms with Gasteiger partial charge in [-0.15, -0.1) is 11.3 Å². The number of rotatable bonds is 3. The average molecular weight is 351 g/mol. The number of nitrogens with zero attached hydrogens (tertiary/aromatic N) is 5. The molecule has 0 bridgehead atoms. The first-order valence-electron chi connectivity index (χ1n) is 8.11. The van der Waals surface area contributed by atoms with Crippen LogP contribution in [-0.2, 0) is 6.42 Å². The molecule has 0 atom stereocenters. The minimum atomic E-state index is -0.0977. The van der Waals surface area contributed by atoms with Gasteiger partial charge in [0.1, 0.15) is 0 Å². The maximum absolute atomic E-state index is 12.8. The van der Waals surface area contributed by atoms with Crippen LogP contribution in [0.25, 0.3) is 0 Å². The number of benzene rings is 1. The molecule has 4 rings (SSSR count). The van der Waals surface area contributed by atoms with Gasteiger partial charge in [0.15, 0.2) is 10.8 Å². The van der Waals surface area contributed by atoms with Crippen LogP contribution in [0.2, 0.25) is 0 Å². The first-order chi connectivity index (χ1) is 12.2. The van der Waals surface area contributed by atoms with Gasteiger partial charge < -0.3 is 4.90 Å². The summed E-state index contributed by atoms with van der Waals surface area (Å²) in [5.74, 6) is 1.34. The molecule has 0 spiro atoms. The molecule has 7 heteroatoms. The molecule has 0 aliphatic carbocycles. The molecule has 0 saturated carbocycles. The highest BCUT2D eigenvalue weighted by Gasteiger charge is 2.27. The number of anilines is 3. The summed E-state index contributed by atoms with van der Waals surface area (Å²) in [5.41, 5.74) is 0.851. The molecule has 0 fully saturated rings. The van der Waals surface area contributed by atoms with Crippen molar-refractivity contribution in [3.63, 3.8) is 0 Å². The highest BCUT2D eigenvalue weighted by atomic mass is 32.1. The van der Waals surface area contributed by atoms with Crippen LogP contribution in [0.4, 0.5) is 17.5 Å². The number of para-hydroxylation sites is 1. The van der Waals surface area contributed by atoms with E-state index in [9.17, 15) is 4.79 Å². The Kier molecular flexibility index (Phi) is 4.15. The van der Waals surface area contributed by atoms with Crippen LogP contribution in [0.5, 0.6) is 0 Å². The van der Waals surface area contributed by atoms with Crippen molar-refractivity contribution in [2.24, 2.45) is 0 Å². The molecule has 6 nitrogen and oxygen atoms in total. The Labute approximate surface area is 149 Å². The zero-order valence-corrected chi connectivity index (χ0v) is 14.6. The van der Waals surface area contributed by atoms with Crippen molar-refractivity contribution in [1.29, 1.82) is 0 Å². The van der Waals surface area contributed by atoms with Crippen LogP contribution >= 0.6 is 11.3 Å². The third-order valence-corrected chi connectivity index (χ3v) is 5.23. The van der Waals surface area contributed by atoms with Crippen LogP contribution in [0.3, 0.4) is 0 Å². The number of carbonyl (C=O) groups excluding carboxylic acids is 1. The lowest BCUT2D eigenvalue weighted by Gasteiger charge is -2.25. The van der Waals surface area contributed by atoms with Gasteiger partial charge in [-0.1, -0.05) is 18.2 Å². The molecule has 1 amide bonds. The number of hydrogen-bond acceptors (Lipinski definition) is 6. The second-order valence-corrected chi connectivity index (χ2v) is 6.85. The highest BCUT2D eigenvalue weighted by molar-refractivity contribution is 7.14. The molecule has 126 valence electrons. The van der Waals surface area contributed by atoms with E-state index in [4.69, 9.17) is 0 Å². The number of hydrogen-bond donors (Lipinski definition) is 0. The van der Waals surface area contributed by atoms with Gasteiger partial charge in [0, 0.05) is 36.6 Å². The first-order valence-corrected chi connectivity index (χ1v) is 8.93. The van der Waals surface area contributed by atoms with Crippen LogP contribution < -0.4 is 9.80 Å². The molecular weight excluding hydrogens is 334 g/mol. The van der Waals surface area contributed by atoms with Gasteiger partial charge in [-0.05, 0) is 31.0 Å². The van der Waals surface area contributed by atoms with Crippen molar-refractivity contribution in [1.82, 2.24) is 15.0 Å². The predicted molar refractivity (Wildman–Crippen MR) is 98.6 cm³/mol. The van der Waals surface area contributed by atoms with Gasteiger partial charge >= 0.3 is 0 Å². The van der Waals surface area contributed by atoms with Gasteiger partial charge in [0.05, 0.1) is 0 Å². The number of aromatic nitrogens is 3. The highest BCUT2D eigenvalue weighted by Crippen LogP contribution is 2.35. The SMILES string of the molecule is CN(C(=O)c1nc2c(s1)CCCN2c1ncccn1)c1ccccc1. The zero-order chi connectivity index (χ0) is 17.2. The van der Waals surface area contributed by atoms with E-state index in [1.54, 1.807) is 30.4 Å². The van der Waals surface area contributed by atoms with Crippen molar-refractivity contribution < 1.29 is 4.79 Å². The second kappa shape index (κ2) is 6.60. The quantitative estimate of drug-likeness (QED) is 0.724. The molecule has 1 aromatic carbocycles. The summed E-state index contributed by atoms with van der Waals surface area (Å²) in [6.45, 7) is 0.808. The molecule has 0 radical (unpaired) electrons. The molecule has 25 heavy (non-hydrogen) atoms. The van der Waals surface area contributed by atoms with Gasteiger partial charge in [0.2, 0.25) is 5.95 Å². The lowest BCUT2D eigenvalue weighted by Crippen LogP contribution is -2.27. The normalized spacial score (nSPS) is 13.4. The molecule has 0 N–H and O–H groups in total. The summed E-state index contributed by atoms with van der Waals surface area (Å²) in [7, 11) is 1.77. The molecule has 2 aromatic heterocycles. The van der Waals surface area contributed by atoms with Gasteiger partial charge in [-0.3, -0.25) is 9.69 Å². The van der Waals surface area contributed by atoms with E-state index in [0.717, 1.165) is 35.8 Å². The Hall–Kier alpha value is -2.80. The van der Waals surface area contributed by atoms with E-state index in [-0.39, 0.29) is 5.91 Å². The van der Waals surface area contributed by atoms with Crippen molar-refractivity contribution >= 4 is 34.7 Å². The fraction of sp³-hybridized carbons (Fsp3) is 0.222. The van der Waals surface area contributed by atoms with Crippen molar-refractivity contribution in [3.8, 4) is 0 Å². The minimum absolute atomic E-state index is 0.0977. The van der Waals surface area contributed by atoms with E-state index < -0.39 is 0 Å². The fourth-order valence-electron chi connectivity index (χ4n) is 2.85. The van der Waals surface area contributed by atoms with Gasteiger partial charge in [-0.2, -0.15) is 0 Å². The fourth-order valence-corrected chi connectivity index (χ4v) is 3.93. The molecule has 3 heterocycles. The van der Waals surface area contributed by atoms with Crippen molar-refractivity contribution in [2.75, 3.05) is 23.4 Å². The Morgan fingerprint density at radius 3 is 2.68 bits per heavy atom. The summed E-state index contributed by atoms with van der Waals surface area (Å²) >= 11 is 1.47. The number of carbonyl (C=O) groups is 1. The number of aryl methyl sites for hydroxylation is 1. The number of fused-ring (bicyclic) bond motifs is 1.